The minimum absolute atomic E-state index is 0. The van der Waals surface area contributed by atoms with E-state index in [1.807, 2.05) is 0 Å². The van der Waals surface area contributed by atoms with Crippen LogP contribution in [-0.2, 0) is 0 Å². The second-order valence-electron chi connectivity index (χ2n) is 0.162. The average molecular weight is 249 g/mol. The van der Waals surface area contributed by atoms with Crippen molar-refractivity contribution in [3.05, 3.63) is 0 Å². The molecule has 0 aliphatic heterocycles. The van der Waals surface area contributed by atoms with E-state index in [9.17, 15) is 0.0763 Å². The maximum absolute atomic E-state index is 9.85. The SMILES string of the molecule is [F][Eu]([F])[F].[H-].[K+]. The molecule has 30 valence electrons. The van der Waals surface area contributed by atoms with Crippen LogP contribution >= 0.6 is 0 Å². The molecule has 0 nitrogen and oxygen atoms in total. The Kier molecular flexibility index (Phi) is 15.3. The Hall–Kier alpha value is 3.01. The molecule has 0 aliphatic carbocycles. The molecule has 0 spiro atoms. The van der Waals surface area contributed by atoms with Gasteiger partial charge >= 0.3 is 96.5 Å². The molecular formula is HEuF3K. The van der Waals surface area contributed by atoms with E-state index >= 15 is 0 Å². The first-order valence-electron chi connectivity index (χ1n) is 0.429. The van der Waals surface area contributed by atoms with Gasteiger partial charge in [-0.2, -0.15) is 0 Å². The van der Waals surface area contributed by atoms with Crippen LogP contribution in [0.3, 0.4) is 0 Å². The first-order valence-corrected chi connectivity index (χ1v) is 3.18. The second kappa shape index (κ2) is 7.01. The number of rotatable bonds is 0. The van der Waals surface area contributed by atoms with Crippen LogP contribution in [0.25, 0.3) is 0 Å². The molecule has 0 heterocycles. The van der Waals surface area contributed by atoms with E-state index < -0.39 is 45.1 Å². The van der Waals surface area contributed by atoms with Gasteiger partial charge in [0.15, 0.2) is 0 Å². The summed E-state index contributed by atoms with van der Waals surface area (Å²) in [6.07, 6.45) is 0. The van der Waals surface area contributed by atoms with E-state index in [-0.39, 0.29) is 52.8 Å². The summed E-state index contributed by atoms with van der Waals surface area (Å²) in [5.41, 5.74) is 0. The Balaban J connectivity index is -0.0000000450. The molecule has 0 aromatic rings. The Labute approximate surface area is 94.7 Å². The summed E-state index contributed by atoms with van der Waals surface area (Å²) in [5.74, 6) is 0. The van der Waals surface area contributed by atoms with Crippen LogP contribution in [0, 0.1) is 45.1 Å². The number of hydrogen-bond acceptors (Lipinski definition) is 0. The molecule has 0 amide bonds. The van der Waals surface area contributed by atoms with Crippen molar-refractivity contribution in [2.45, 2.75) is 0 Å². The van der Waals surface area contributed by atoms with Gasteiger partial charge in [0.25, 0.3) is 0 Å². The van der Waals surface area contributed by atoms with Crippen LogP contribution in [0.15, 0.2) is 0 Å². The van der Waals surface area contributed by atoms with Crippen molar-refractivity contribution in [1.29, 1.82) is 0 Å². The monoisotopic (exact) mass is 250 g/mol. The molecule has 0 atom stereocenters. The van der Waals surface area contributed by atoms with Gasteiger partial charge in [-0.05, 0) is 0 Å². The summed E-state index contributed by atoms with van der Waals surface area (Å²) in [6, 6.07) is 0. The van der Waals surface area contributed by atoms with Crippen LogP contribution in [0.4, 0.5) is 0.0763 Å². The zero-order chi connectivity index (χ0) is 3.58. The zero-order valence-electron chi connectivity index (χ0n) is 3.51. The fraction of sp³-hybridized carbons (Fsp3) is 0. The quantitative estimate of drug-likeness (QED) is 0.452. The Morgan fingerprint density at radius 3 is 1.20 bits per heavy atom. The standard InChI is InChI=1S/Eu.3FH.K.H/h;3*1H;;/q+3;;;;+1;-1/p-3. The average Bonchev–Trinajstić information content (AvgIpc) is 0.811. The third-order valence-electron chi connectivity index (χ3n) is 0. The Morgan fingerprint density at radius 2 is 1.20 bits per heavy atom. The fourth-order valence-corrected chi connectivity index (χ4v) is 0. The summed E-state index contributed by atoms with van der Waals surface area (Å²) in [5, 5.41) is 0. The molecule has 0 fully saturated rings. The molecule has 0 saturated heterocycles. The summed E-state index contributed by atoms with van der Waals surface area (Å²) in [7, 11) is 0. The molecule has 0 N–H and O–H groups in total. The van der Waals surface area contributed by atoms with Crippen molar-refractivity contribution in [1.82, 2.24) is 0 Å². The van der Waals surface area contributed by atoms with Crippen molar-refractivity contribution in [2.75, 3.05) is 0 Å². The maximum atomic E-state index is 9.85. The normalized spacial score (nSPS) is 9.00. The third-order valence-corrected chi connectivity index (χ3v) is 0. The van der Waals surface area contributed by atoms with Gasteiger partial charge in [-0.3, -0.25) is 0 Å². The second-order valence-corrected chi connectivity index (χ2v) is 1.20. The molecular weight excluding hydrogens is 248 g/mol. The van der Waals surface area contributed by atoms with Crippen LogP contribution in [0.1, 0.15) is 1.43 Å². The molecule has 5 heavy (non-hydrogen) atoms. The maximum Gasteiger partial charge on any atom is 1.00 e. The van der Waals surface area contributed by atoms with Gasteiger partial charge in [0, 0.05) is 0 Å². The van der Waals surface area contributed by atoms with Crippen molar-refractivity contribution >= 4 is 0 Å². The Bertz CT molecular complexity index is 15.5. The molecule has 0 bridgehead atoms. The van der Waals surface area contributed by atoms with Gasteiger partial charge < -0.3 is 1.43 Å². The van der Waals surface area contributed by atoms with Crippen LogP contribution in [-0.4, -0.2) is 0 Å². The van der Waals surface area contributed by atoms with Gasteiger partial charge in [-0.15, -0.1) is 0 Å². The molecule has 0 aliphatic rings. The molecule has 5 heteroatoms. The molecule has 0 saturated carbocycles. The molecule has 0 rings (SSSR count). The minimum Gasteiger partial charge on any atom is -1.00 e. The van der Waals surface area contributed by atoms with Crippen LogP contribution in [0.5, 0.6) is 0 Å². The molecule has 0 aromatic carbocycles. The summed E-state index contributed by atoms with van der Waals surface area (Å²) < 4.78 is 29.6. The number of halogens is 3. The van der Waals surface area contributed by atoms with E-state index in [1.165, 1.54) is 0 Å². The summed E-state index contributed by atoms with van der Waals surface area (Å²) in [4.78, 5) is 0. The van der Waals surface area contributed by atoms with E-state index in [2.05, 4.69) is 0 Å². The molecule has 0 unspecified atom stereocenters. The summed E-state index contributed by atoms with van der Waals surface area (Å²) in [6.45, 7) is 0. The van der Waals surface area contributed by atoms with E-state index in [0.717, 1.165) is 0 Å². The topological polar surface area (TPSA) is 0 Å². The Morgan fingerprint density at radius 1 is 1.20 bits per heavy atom. The number of hydrogen-bond donors (Lipinski definition) is 0. The molecule has 0 aromatic heterocycles. The van der Waals surface area contributed by atoms with E-state index in [1.54, 1.807) is 0 Å². The summed E-state index contributed by atoms with van der Waals surface area (Å²) >= 11 is -4.96. The largest absolute Gasteiger partial charge is 1.00 e. The van der Waals surface area contributed by atoms with E-state index in [4.69, 9.17) is 0 Å². The van der Waals surface area contributed by atoms with Crippen molar-refractivity contribution < 1.29 is 98.0 Å². The smallest absolute Gasteiger partial charge is 1.00 e. The van der Waals surface area contributed by atoms with Gasteiger partial charge in [-0.25, -0.2) is 0 Å². The first-order chi connectivity index (χ1) is 1.73. The first kappa shape index (κ1) is 10.9. The van der Waals surface area contributed by atoms with Gasteiger partial charge in [0.05, 0.1) is 0 Å². The predicted octanol–water partition coefficient (Wildman–Crippen LogP) is -1.62. The van der Waals surface area contributed by atoms with E-state index in [0.29, 0.717) is 0 Å². The predicted molar refractivity (Wildman–Crippen MR) is 4.44 cm³/mol. The minimum atomic E-state index is -4.96. The van der Waals surface area contributed by atoms with Gasteiger partial charge in [0.2, 0.25) is 0 Å². The van der Waals surface area contributed by atoms with Crippen molar-refractivity contribution in [2.24, 2.45) is 0 Å². The van der Waals surface area contributed by atoms with Gasteiger partial charge in [0.1, 0.15) is 0 Å². The van der Waals surface area contributed by atoms with Crippen LogP contribution < -0.4 is 51.4 Å². The molecule has 0 radical (unpaired) electrons. The fourth-order valence-electron chi connectivity index (χ4n) is 0. The van der Waals surface area contributed by atoms with Crippen molar-refractivity contribution in [3.63, 3.8) is 0 Å². The van der Waals surface area contributed by atoms with Crippen molar-refractivity contribution in [3.8, 4) is 0 Å². The van der Waals surface area contributed by atoms with Crippen LogP contribution in [0.2, 0.25) is 0 Å². The zero-order valence-corrected chi connectivity index (χ0v) is 8.06. The van der Waals surface area contributed by atoms with Gasteiger partial charge in [-0.1, -0.05) is 0 Å². The third kappa shape index (κ3) is 19.4.